The van der Waals surface area contributed by atoms with Crippen molar-refractivity contribution >= 4 is 11.1 Å². The van der Waals surface area contributed by atoms with Crippen LogP contribution in [-0.2, 0) is 17.6 Å². The molecule has 1 aliphatic heterocycles. The van der Waals surface area contributed by atoms with Crippen molar-refractivity contribution in [1.29, 1.82) is 0 Å². The van der Waals surface area contributed by atoms with E-state index in [9.17, 15) is 0 Å². The zero-order valence-corrected chi connectivity index (χ0v) is 25.3. The van der Waals surface area contributed by atoms with E-state index in [4.69, 9.17) is 14.2 Å². The number of hydrogen-bond acceptors (Lipinski definition) is 3. The molecule has 0 bridgehead atoms. The minimum atomic E-state index is -0.130. The normalized spacial score (nSPS) is 16.8. The van der Waals surface area contributed by atoms with E-state index < -0.39 is 0 Å². The molecule has 1 aliphatic carbocycles. The number of ether oxygens (including phenoxy) is 3. The van der Waals surface area contributed by atoms with Crippen molar-refractivity contribution in [3.05, 3.63) is 131 Å². The predicted octanol–water partition coefficient (Wildman–Crippen LogP) is 10.1. The summed E-state index contributed by atoms with van der Waals surface area (Å²) >= 11 is 0. The summed E-state index contributed by atoms with van der Waals surface area (Å²) in [5.74, 6) is 1.86. The number of aryl methyl sites for hydroxylation is 2. The van der Waals surface area contributed by atoms with Crippen LogP contribution in [0.4, 0.5) is 0 Å². The van der Waals surface area contributed by atoms with E-state index in [0.717, 1.165) is 76.1 Å². The molecule has 1 heterocycles. The van der Waals surface area contributed by atoms with Crippen molar-refractivity contribution in [2.75, 3.05) is 13.2 Å². The van der Waals surface area contributed by atoms with Gasteiger partial charge >= 0.3 is 0 Å². The van der Waals surface area contributed by atoms with Crippen molar-refractivity contribution in [3.63, 3.8) is 0 Å². The van der Waals surface area contributed by atoms with E-state index >= 15 is 0 Å². The van der Waals surface area contributed by atoms with Gasteiger partial charge in [-0.2, -0.15) is 0 Å². The fraction of sp³-hybridized carbons (Fsp3) is 0.350. The standard InChI is InChI=1S/C40H44O3/c1(5-14-31-15-6-3-7-16-31)2-11-28-41-35-24-22-33(23-25-35)40-37(32-17-8-4-9-18-32)20-13-19-34-30-36(26-27-38(34)40)43-39-21-10-12-29-42-39/h3-4,6-9,15-18,22-27,30,39H,1-2,5,10-14,19-21,28-29H2. The van der Waals surface area contributed by atoms with Crippen LogP contribution in [0.25, 0.3) is 11.1 Å². The molecule has 0 aromatic heterocycles. The molecule has 43 heavy (non-hydrogen) atoms. The Morgan fingerprint density at radius 1 is 0.651 bits per heavy atom. The minimum Gasteiger partial charge on any atom is -0.494 e. The number of rotatable bonds is 12. The zero-order chi connectivity index (χ0) is 29.1. The fourth-order valence-corrected chi connectivity index (χ4v) is 6.39. The van der Waals surface area contributed by atoms with Gasteiger partial charge in [0.25, 0.3) is 0 Å². The van der Waals surface area contributed by atoms with Crippen LogP contribution in [-0.4, -0.2) is 19.5 Å². The van der Waals surface area contributed by atoms with Crippen LogP contribution in [0.1, 0.15) is 85.6 Å². The van der Waals surface area contributed by atoms with E-state index in [1.165, 1.54) is 58.2 Å². The van der Waals surface area contributed by atoms with Gasteiger partial charge in [0.05, 0.1) is 13.2 Å². The van der Waals surface area contributed by atoms with Crippen LogP contribution in [0.15, 0.2) is 103 Å². The van der Waals surface area contributed by atoms with Crippen LogP contribution >= 0.6 is 0 Å². The highest BCUT2D eigenvalue weighted by atomic mass is 16.7. The Balaban J connectivity index is 1.14. The first-order valence-corrected chi connectivity index (χ1v) is 16.3. The Hall–Kier alpha value is -3.82. The molecule has 2 aliphatic rings. The van der Waals surface area contributed by atoms with Gasteiger partial charge in [-0.25, -0.2) is 0 Å². The molecule has 0 N–H and O–H groups in total. The summed E-state index contributed by atoms with van der Waals surface area (Å²) in [4.78, 5) is 0. The predicted molar refractivity (Wildman–Crippen MR) is 177 cm³/mol. The molecule has 1 fully saturated rings. The number of unbranched alkanes of at least 4 members (excludes halogenated alkanes) is 3. The largest absolute Gasteiger partial charge is 0.494 e. The van der Waals surface area contributed by atoms with E-state index in [-0.39, 0.29) is 6.29 Å². The summed E-state index contributed by atoms with van der Waals surface area (Å²) in [7, 11) is 0. The van der Waals surface area contributed by atoms with Crippen LogP contribution in [0.3, 0.4) is 0 Å². The lowest BCUT2D eigenvalue weighted by molar-refractivity contribution is -0.105. The van der Waals surface area contributed by atoms with Gasteiger partial charge < -0.3 is 14.2 Å². The summed E-state index contributed by atoms with van der Waals surface area (Å²) in [6.45, 7) is 1.55. The Morgan fingerprint density at radius 2 is 1.42 bits per heavy atom. The average molecular weight is 573 g/mol. The van der Waals surface area contributed by atoms with E-state index in [0.29, 0.717) is 0 Å². The van der Waals surface area contributed by atoms with Gasteiger partial charge in [-0.15, -0.1) is 0 Å². The van der Waals surface area contributed by atoms with Gasteiger partial charge in [0.1, 0.15) is 11.5 Å². The smallest absolute Gasteiger partial charge is 0.199 e. The Labute approximate surface area is 257 Å². The van der Waals surface area contributed by atoms with Crippen LogP contribution < -0.4 is 9.47 Å². The van der Waals surface area contributed by atoms with Gasteiger partial charge in [0.15, 0.2) is 6.29 Å². The molecular weight excluding hydrogens is 528 g/mol. The summed E-state index contributed by atoms with van der Waals surface area (Å²) in [5.41, 5.74) is 9.35. The van der Waals surface area contributed by atoms with Gasteiger partial charge in [-0.1, -0.05) is 91.7 Å². The van der Waals surface area contributed by atoms with Crippen molar-refractivity contribution in [3.8, 4) is 11.5 Å². The molecule has 4 aromatic carbocycles. The topological polar surface area (TPSA) is 27.7 Å². The van der Waals surface area contributed by atoms with E-state index in [2.05, 4.69) is 103 Å². The molecule has 0 spiro atoms. The molecule has 1 saturated heterocycles. The molecule has 3 nitrogen and oxygen atoms in total. The van der Waals surface area contributed by atoms with Gasteiger partial charge in [-0.05, 0) is 115 Å². The number of benzene rings is 4. The van der Waals surface area contributed by atoms with Gasteiger partial charge in [0, 0.05) is 6.42 Å². The lowest BCUT2D eigenvalue weighted by Gasteiger charge is -2.24. The maximum absolute atomic E-state index is 6.26. The molecule has 3 heteroatoms. The monoisotopic (exact) mass is 572 g/mol. The van der Waals surface area contributed by atoms with Crippen LogP contribution in [0.5, 0.6) is 11.5 Å². The first-order valence-electron chi connectivity index (χ1n) is 16.3. The summed E-state index contributed by atoms with van der Waals surface area (Å²) in [6, 6.07) is 37.1. The molecule has 222 valence electrons. The quantitative estimate of drug-likeness (QED) is 0.158. The average Bonchev–Trinajstić information content (AvgIpc) is 3.25. The highest BCUT2D eigenvalue weighted by Crippen LogP contribution is 2.41. The molecule has 6 rings (SSSR count). The van der Waals surface area contributed by atoms with Gasteiger partial charge in [-0.3, -0.25) is 0 Å². The Bertz CT molecular complexity index is 1450. The third-order valence-corrected chi connectivity index (χ3v) is 8.66. The first kappa shape index (κ1) is 29.3. The number of allylic oxidation sites excluding steroid dienone is 1. The Morgan fingerprint density at radius 3 is 2.21 bits per heavy atom. The molecule has 0 saturated carbocycles. The molecule has 4 aromatic rings. The highest BCUT2D eigenvalue weighted by Gasteiger charge is 2.22. The number of hydrogen-bond donors (Lipinski definition) is 0. The third kappa shape index (κ3) is 7.97. The molecule has 1 unspecified atom stereocenters. The summed E-state index contributed by atoms with van der Waals surface area (Å²) in [5, 5.41) is 0. The van der Waals surface area contributed by atoms with E-state index in [1.807, 2.05) is 0 Å². The second-order valence-electron chi connectivity index (χ2n) is 11.8. The number of fused-ring (bicyclic) bond motifs is 1. The maximum Gasteiger partial charge on any atom is 0.199 e. The third-order valence-electron chi connectivity index (χ3n) is 8.66. The second kappa shape index (κ2) is 15.1. The molecule has 0 radical (unpaired) electrons. The van der Waals surface area contributed by atoms with Crippen LogP contribution in [0, 0.1) is 0 Å². The minimum absolute atomic E-state index is 0.130. The lowest BCUT2D eigenvalue weighted by Crippen LogP contribution is -2.25. The van der Waals surface area contributed by atoms with Gasteiger partial charge in [0.2, 0.25) is 0 Å². The van der Waals surface area contributed by atoms with Crippen molar-refractivity contribution in [2.24, 2.45) is 0 Å². The highest BCUT2D eigenvalue weighted by molar-refractivity contribution is 6.00. The second-order valence-corrected chi connectivity index (χ2v) is 11.8. The molecule has 0 amide bonds. The SMILES string of the molecule is c1ccc(CCCCCCOc2ccc(C3=C(c4ccccc4)CCCc4cc(OC5CCCCO5)ccc43)cc2)cc1. The maximum atomic E-state index is 6.26. The van der Waals surface area contributed by atoms with Crippen molar-refractivity contribution < 1.29 is 14.2 Å². The first-order chi connectivity index (χ1) is 21.3. The summed E-state index contributed by atoms with van der Waals surface area (Å²) in [6.07, 6.45) is 12.2. The molecule has 1 atom stereocenters. The van der Waals surface area contributed by atoms with Crippen molar-refractivity contribution in [1.82, 2.24) is 0 Å². The van der Waals surface area contributed by atoms with E-state index in [1.54, 1.807) is 0 Å². The van der Waals surface area contributed by atoms with Crippen LogP contribution in [0.2, 0.25) is 0 Å². The zero-order valence-electron chi connectivity index (χ0n) is 25.3. The summed E-state index contributed by atoms with van der Waals surface area (Å²) < 4.78 is 18.3. The lowest BCUT2D eigenvalue weighted by atomic mass is 9.88. The van der Waals surface area contributed by atoms with Crippen molar-refractivity contribution in [2.45, 2.75) is 76.9 Å². The molecular formula is C40H44O3. The Kier molecular flexibility index (Phi) is 10.3. The fourth-order valence-electron chi connectivity index (χ4n) is 6.39.